The molecule has 2 unspecified atom stereocenters. The lowest BCUT2D eigenvalue weighted by Gasteiger charge is -2.37. The molecule has 2 atom stereocenters. The number of carbonyl (C=O) groups is 1. The molecule has 31 heavy (non-hydrogen) atoms. The standard InChI is InChI=1S/C23H22O6S2/c24-22(25)23(29-18-10-8-17(9-11-18)21-7-4-14-30-21)12-13-28-19(15-23)16-31(26,27)20-5-2-1-3-6-20/h1-11,14,19H,12-13,15-16H2,(H,24,25). The van der Waals surface area contributed by atoms with E-state index < -0.39 is 27.5 Å². The normalized spacial score (nSPS) is 21.5. The molecule has 0 spiro atoms. The van der Waals surface area contributed by atoms with Gasteiger partial charge in [-0.05, 0) is 53.4 Å². The van der Waals surface area contributed by atoms with Gasteiger partial charge in [-0.15, -0.1) is 11.3 Å². The van der Waals surface area contributed by atoms with Gasteiger partial charge in [0.1, 0.15) is 5.75 Å². The van der Waals surface area contributed by atoms with Crippen molar-refractivity contribution >= 4 is 27.1 Å². The molecule has 0 saturated carbocycles. The third-order valence-electron chi connectivity index (χ3n) is 5.29. The Morgan fingerprint density at radius 2 is 1.84 bits per heavy atom. The SMILES string of the molecule is O=C(O)C1(Oc2ccc(-c3cccs3)cc2)CCOC(CS(=O)(=O)c2ccccc2)C1. The van der Waals surface area contributed by atoms with Gasteiger partial charge in [-0.3, -0.25) is 0 Å². The lowest BCUT2D eigenvalue weighted by molar-refractivity contribution is -0.168. The second-order valence-corrected chi connectivity index (χ2v) is 10.4. The van der Waals surface area contributed by atoms with E-state index in [-0.39, 0.29) is 30.1 Å². The van der Waals surface area contributed by atoms with Crippen LogP contribution in [0.15, 0.2) is 77.0 Å². The minimum absolute atomic E-state index is 0.0545. The van der Waals surface area contributed by atoms with Crippen LogP contribution in [0, 0.1) is 0 Å². The van der Waals surface area contributed by atoms with E-state index in [9.17, 15) is 18.3 Å². The lowest BCUT2D eigenvalue weighted by Crippen LogP contribution is -2.52. The lowest BCUT2D eigenvalue weighted by atomic mass is 9.90. The largest absolute Gasteiger partial charge is 0.478 e. The molecule has 0 aliphatic carbocycles. The zero-order chi connectivity index (χ0) is 21.9. The molecule has 6 nitrogen and oxygen atoms in total. The Kier molecular flexibility index (Phi) is 6.13. The predicted molar refractivity (Wildman–Crippen MR) is 118 cm³/mol. The fourth-order valence-electron chi connectivity index (χ4n) is 3.68. The summed E-state index contributed by atoms with van der Waals surface area (Å²) in [7, 11) is -3.61. The van der Waals surface area contributed by atoms with Crippen LogP contribution in [-0.4, -0.2) is 43.6 Å². The first-order chi connectivity index (χ1) is 14.9. The van der Waals surface area contributed by atoms with Gasteiger partial charge in [0, 0.05) is 17.7 Å². The summed E-state index contributed by atoms with van der Waals surface area (Å²) in [6.45, 7) is 0.106. The van der Waals surface area contributed by atoms with Crippen molar-refractivity contribution in [2.24, 2.45) is 0 Å². The van der Waals surface area contributed by atoms with E-state index in [4.69, 9.17) is 9.47 Å². The first-order valence-corrected chi connectivity index (χ1v) is 12.4. The van der Waals surface area contributed by atoms with Gasteiger partial charge in [-0.25, -0.2) is 13.2 Å². The number of aliphatic carboxylic acids is 1. The van der Waals surface area contributed by atoms with Crippen molar-refractivity contribution in [1.29, 1.82) is 0 Å². The molecule has 1 saturated heterocycles. The smallest absolute Gasteiger partial charge is 0.348 e. The Morgan fingerprint density at radius 1 is 1.10 bits per heavy atom. The van der Waals surface area contributed by atoms with E-state index in [1.807, 2.05) is 29.6 Å². The van der Waals surface area contributed by atoms with Crippen LogP contribution in [0.25, 0.3) is 10.4 Å². The third kappa shape index (κ3) is 4.81. The molecule has 0 amide bonds. The van der Waals surface area contributed by atoms with E-state index in [1.165, 1.54) is 12.1 Å². The number of ether oxygens (including phenoxy) is 2. The Morgan fingerprint density at radius 3 is 2.48 bits per heavy atom. The predicted octanol–water partition coefficient (Wildman–Crippen LogP) is 4.27. The van der Waals surface area contributed by atoms with Crippen LogP contribution < -0.4 is 4.74 Å². The molecule has 0 bridgehead atoms. The molecule has 2 heterocycles. The Labute approximate surface area is 185 Å². The first kappa shape index (κ1) is 21.5. The molecule has 0 radical (unpaired) electrons. The minimum atomic E-state index is -3.61. The van der Waals surface area contributed by atoms with Crippen LogP contribution in [0.2, 0.25) is 0 Å². The highest BCUT2D eigenvalue weighted by molar-refractivity contribution is 7.91. The molecule has 4 rings (SSSR count). The van der Waals surface area contributed by atoms with Crippen molar-refractivity contribution in [2.75, 3.05) is 12.4 Å². The summed E-state index contributed by atoms with van der Waals surface area (Å²) in [4.78, 5) is 13.5. The van der Waals surface area contributed by atoms with Crippen molar-refractivity contribution in [1.82, 2.24) is 0 Å². The van der Waals surface area contributed by atoms with Gasteiger partial charge in [-0.1, -0.05) is 24.3 Å². The monoisotopic (exact) mass is 458 g/mol. The van der Waals surface area contributed by atoms with E-state index >= 15 is 0 Å². The summed E-state index contributed by atoms with van der Waals surface area (Å²) in [6, 6.07) is 19.3. The van der Waals surface area contributed by atoms with Crippen molar-refractivity contribution in [3.8, 4) is 16.2 Å². The second-order valence-electron chi connectivity index (χ2n) is 7.44. The Balaban J connectivity index is 1.51. The van der Waals surface area contributed by atoms with Gasteiger partial charge in [-0.2, -0.15) is 0 Å². The molecule has 1 aliphatic rings. The molecule has 162 valence electrons. The number of sulfone groups is 1. The maximum atomic E-state index is 12.7. The van der Waals surface area contributed by atoms with Gasteiger partial charge in [0.05, 0.1) is 23.4 Å². The fourth-order valence-corrected chi connectivity index (χ4v) is 5.88. The highest BCUT2D eigenvalue weighted by Gasteiger charge is 2.47. The number of hydrogen-bond acceptors (Lipinski definition) is 6. The average molecular weight is 459 g/mol. The van der Waals surface area contributed by atoms with Crippen LogP contribution in [0.4, 0.5) is 0 Å². The third-order valence-corrected chi connectivity index (χ3v) is 8.01. The van der Waals surface area contributed by atoms with Crippen LogP contribution in [0.3, 0.4) is 0 Å². The highest BCUT2D eigenvalue weighted by Crippen LogP contribution is 2.34. The van der Waals surface area contributed by atoms with Gasteiger partial charge < -0.3 is 14.6 Å². The number of rotatable bonds is 7. The van der Waals surface area contributed by atoms with Crippen molar-refractivity contribution in [2.45, 2.75) is 29.4 Å². The zero-order valence-electron chi connectivity index (χ0n) is 16.6. The number of hydrogen-bond donors (Lipinski definition) is 1. The van der Waals surface area contributed by atoms with Crippen LogP contribution in [0.1, 0.15) is 12.8 Å². The average Bonchev–Trinajstić information content (AvgIpc) is 3.30. The van der Waals surface area contributed by atoms with Gasteiger partial charge in [0.25, 0.3) is 0 Å². The van der Waals surface area contributed by atoms with Gasteiger partial charge in [0.2, 0.25) is 5.60 Å². The topological polar surface area (TPSA) is 89.9 Å². The van der Waals surface area contributed by atoms with Gasteiger partial charge >= 0.3 is 5.97 Å². The number of carboxylic acid groups (broad SMARTS) is 1. The molecule has 8 heteroatoms. The molecular weight excluding hydrogens is 436 g/mol. The first-order valence-electron chi connectivity index (χ1n) is 9.84. The fraction of sp³-hybridized carbons (Fsp3) is 0.261. The van der Waals surface area contributed by atoms with E-state index in [0.717, 1.165) is 10.4 Å². The molecule has 1 aromatic heterocycles. The molecule has 1 N–H and O–H groups in total. The summed E-state index contributed by atoms with van der Waals surface area (Å²) in [5.41, 5.74) is -0.523. The second kappa shape index (κ2) is 8.82. The zero-order valence-corrected chi connectivity index (χ0v) is 18.3. The van der Waals surface area contributed by atoms with Crippen molar-refractivity contribution in [3.63, 3.8) is 0 Å². The molecule has 1 aliphatic heterocycles. The molecule has 2 aromatic carbocycles. The number of carboxylic acids is 1. The van der Waals surface area contributed by atoms with Crippen molar-refractivity contribution < 1.29 is 27.8 Å². The van der Waals surface area contributed by atoms with Crippen LogP contribution in [0.5, 0.6) is 5.75 Å². The molecule has 1 fully saturated rings. The maximum Gasteiger partial charge on any atom is 0.348 e. The molecular formula is C23H22O6S2. The summed E-state index contributed by atoms with van der Waals surface area (Å²) >= 11 is 1.62. The summed E-state index contributed by atoms with van der Waals surface area (Å²) < 4.78 is 37.0. The van der Waals surface area contributed by atoms with Gasteiger partial charge in [0.15, 0.2) is 9.84 Å². The van der Waals surface area contributed by atoms with E-state index in [0.29, 0.717) is 5.75 Å². The quantitative estimate of drug-likeness (QED) is 0.569. The molecule has 3 aromatic rings. The minimum Gasteiger partial charge on any atom is -0.478 e. The summed E-state index contributed by atoms with van der Waals surface area (Å²) in [5.74, 6) is -0.998. The van der Waals surface area contributed by atoms with Crippen LogP contribution in [-0.2, 0) is 19.4 Å². The Bertz CT molecular complexity index is 1120. The Hall–Kier alpha value is -2.68. The maximum absolute atomic E-state index is 12.7. The van der Waals surface area contributed by atoms with E-state index in [1.54, 1.807) is 41.7 Å². The van der Waals surface area contributed by atoms with Crippen molar-refractivity contribution in [3.05, 3.63) is 72.1 Å². The number of thiophene rings is 1. The summed E-state index contributed by atoms with van der Waals surface area (Å²) in [5, 5.41) is 12.0. The number of benzene rings is 2. The summed E-state index contributed by atoms with van der Waals surface area (Å²) in [6.07, 6.45) is -0.696. The van der Waals surface area contributed by atoms with E-state index in [2.05, 4.69) is 0 Å². The van der Waals surface area contributed by atoms with Crippen LogP contribution >= 0.6 is 11.3 Å². The highest BCUT2D eigenvalue weighted by atomic mass is 32.2.